The molecular formula is C31H28F2NO4S+. The highest BCUT2D eigenvalue weighted by molar-refractivity contribution is 7.20. The highest BCUT2D eigenvalue weighted by Crippen LogP contribution is 2.37. The third-order valence-corrected chi connectivity index (χ3v) is 9.14. The van der Waals surface area contributed by atoms with E-state index in [0.29, 0.717) is 28.7 Å². The molecule has 0 amide bonds. The molecule has 3 aliphatic heterocycles. The van der Waals surface area contributed by atoms with Gasteiger partial charge in [-0.2, -0.15) is 0 Å². The average molecular weight is 549 g/mol. The van der Waals surface area contributed by atoms with Crippen LogP contribution >= 0.6 is 11.3 Å². The number of quaternary nitrogens is 1. The summed E-state index contributed by atoms with van der Waals surface area (Å²) < 4.78 is 41.2. The number of rotatable bonds is 7. The average Bonchev–Trinajstić information content (AvgIpc) is 3.37. The second-order valence-corrected chi connectivity index (χ2v) is 11.6. The summed E-state index contributed by atoms with van der Waals surface area (Å²) in [6, 6.07) is 21.3. The van der Waals surface area contributed by atoms with E-state index in [2.05, 4.69) is 0 Å². The van der Waals surface area contributed by atoms with Crippen molar-refractivity contribution in [3.8, 4) is 0 Å². The van der Waals surface area contributed by atoms with Crippen LogP contribution in [-0.2, 0) is 9.47 Å². The van der Waals surface area contributed by atoms with Gasteiger partial charge in [0.2, 0.25) is 5.78 Å². The van der Waals surface area contributed by atoms with Gasteiger partial charge in [0.05, 0.1) is 18.0 Å². The number of hydrogen-bond acceptors (Lipinski definition) is 5. The van der Waals surface area contributed by atoms with Crippen LogP contribution in [0, 0.1) is 17.6 Å². The Morgan fingerprint density at radius 3 is 2.21 bits per heavy atom. The van der Waals surface area contributed by atoms with Crippen molar-refractivity contribution in [1.29, 1.82) is 0 Å². The molecule has 4 heterocycles. The van der Waals surface area contributed by atoms with Gasteiger partial charge < -0.3 is 14.0 Å². The van der Waals surface area contributed by atoms with E-state index in [1.807, 2.05) is 30.3 Å². The quantitative estimate of drug-likeness (QED) is 0.143. The summed E-state index contributed by atoms with van der Waals surface area (Å²) in [5.41, 5.74) is 0.757. The number of piperidine rings is 3. The topological polar surface area (TPSA) is 52.6 Å². The number of carbonyl (C=O) groups excluding carboxylic acids is 2. The summed E-state index contributed by atoms with van der Waals surface area (Å²) in [6.07, 6.45) is -0.594. The molecule has 3 saturated heterocycles. The number of hydrogen-bond donors (Lipinski definition) is 0. The third kappa shape index (κ3) is 5.44. The smallest absolute Gasteiger partial charge is 0.425 e. The molecule has 1 aromatic heterocycles. The Morgan fingerprint density at radius 2 is 1.56 bits per heavy atom. The van der Waals surface area contributed by atoms with Gasteiger partial charge in [-0.1, -0.05) is 42.5 Å². The van der Waals surface area contributed by atoms with Crippen LogP contribution in [0.15, 0.2) is 78.9 Å². The van der Waals surface area contributed by atoms with E-state index in [0.717, 1.165) is 40.9 Å². The molecule has 1 atom stereocenters. The molecule has 0 spiro atoms. The molecule has 5 nitrogen and oxygen atoms in total. The third-order valence-electron chi connectivity index (χ3n) is 7.99. The van der Waals surface area contributed by atoms with Crippen LogP contribution in [0.4, 0.5) is 13.6 Å². The van der Waals surface area contributed by atoms with Crippen molar-refractivity contribution in [1.82, 2.24) is 0 Å². The molecule has 3 fully saturated rings. The molecular weight excluding hydrogens is 520 g/mol. The summed E-state index contributed by atoms with van der Waals surface area (Å²) in [7, 11) is 0. The normalized spacial score (nSPS) is 22.2. The molecule has 2 bridgehead atoms. The number of thiophene rings is 1. The number of Topliss-reactive ketones (excluding diaryl/α,β-unsaturated/α-hetero) is 1. The number of ketones is 1. The fourth-order valence-corrected chi connectivity index (χ4v) is 6.99. The summed E-state index contributed by atoms with van der Waals surface area (Å²) >= 11 is 1.51. The minimum atomic E-state index is -1.03. The fraction of sp³-hybridized carbons (Fsp3) is 0.290. The minimum absolute atomic E-state index is 0.107. The summed E-state index contributed by atoms with van der Waals surface area (Å²) in [4.78, 5) is 27.1. The lowest BCUT2D eigenvalue weighted by Gasteiger charge is -2.51. The number of benzene rings is 3. The first kappa shape index (κ1) is 25.6. The lowest BCUT2D eigenvalue weighted by atomic mass is 9.83. The Morgan fingerprint density at radius 1 is 0.897 bits per heavy atom. The van der Waals surface area contributed by atoms with E-state index >= 15 is 0 Å². The molecule has 200 valence electrons. The van der Waals surface area contributed by atoms with E-state index in [-0.39, 0.29) is 11.7 Å². The molecule has 4 aromatic rings. The molecule has 39 heavy (non-hydrogen) atoms. The Bertz CT molecular complexity index is 1450. The van der Waals surface area contributed by atoms with Crippen molar-refractivity contribution in [2.75, 3.05) is 26.2 Å². The van der Waals surface area contributed by atoms with Crippen LogP contribution in [-0.4, -0.2) is 48.7 Å². The van der Waals surface area contributed by atoms with Gasteiger partial charge in [0.15, 0.2) is 12.2 Å². The van der Waals surface area contributed by atoms with Crippen molar-refractivity contribution < 1.29 is 32.3 Å². The second-order valence-electron chi connectivity index (χ2n) is 10.6. The maximum absolute atomic E-state index is 14.0. The highest BCUT2D eigenvalue weighted by atomic mass is 32.1. The van der Waals surface area contributed by atoms with Crippen molar-refractivity contribution in [3.05, 3.63) is 107 Å². The van der Waals surface area contributed by atoms with Gasteiger partial charge in [0.1, 0.15) is 24.7 Å². The minimum Gasteiger partial charge on any atom is -0.425 e. The van der Waals surface area contributed by atoms with Crippen LogP contribution < -0.4 is 0 Å². The van der Waals surface area contributed by atoms with E-state index in [9.17, 15) is 18.4 Å². The zero-order valence-corrected chi connectivity index (χ0v) is 22.0. The van der Waals surface area contributed by atoms with Gasteiger partial charge >= 0.3 is 6.16 Å². The first-order valence-corrected chi connectivity index (χ1v) is 13.9. The molecule has 8 heteroatoms. The van der Waals surface area contributed by atoms with Crippen molar-refractivity contribution >= 4 is 33.4 Å². The van der Waals surface area contributed by atoms with E-state index in [1.54, 1.807) is 12.1 Å². The molecule has 0 unspecified atom stereocenters. The van der Waals surface area contributed by atoms with Crippen molar-refractivity contribution in [2.45, 2.75) is 25.0 Å². The highest BCUT2D eigenvalue weighted by Gasteiger charge is 2.49. The molecule has 3 aromatic carbocycles. The molecule has 7 rings (SSSR count). The Kier molecular flexibility index (Phi) is 6.91. The lowest BCUT2D eigenvalue weighted by Crippen LogP contribution is -2.65. The maximum Gasteiger partial charge on any atom is 0.509 e. The van der Waals surface area contributed by atoms with Gasteiger partial charge in [-0.3, -0.25) is 4.79 Å². The van der Waals surface area contributed by atoms with Gasteiger partial charge in [-0.05, 0) is 41.8 Å². The predicted molar refractivity (Wildman–Crippen MR) is 145 cm³/mol. The van der Waals surface area contributed by atoms with Gasteiger partial charge in [0.25, 0.3) is 0 Å². The van der Waals surface area contributed by atoms with Crippen LogP contribution in [0.3, 0.4) is 0 Å². The number of nitrogens with zero attached hydrogens (tertiary/aromatic N) is 1. The number of ether oxygens (including phenoxy) is 2. The lowest BCUT2D eigenvalue weighted by molar-refractivity contribution is -0.938. The van der Waals surface area contributed by atoms with E-state index < -0.39 is 30.0 Å². The van der Waals surface area contributed by atoms with Gasteiger partial charge in [-0.15, -0.1) is 11.3 Å². The molecule has 0 saturated carbocycles. The molecule has 0 N–H and O–H groups in total. The van der Waals surface area contributed by atoms with Crippen LogP contribution in [0.1, 0.15) is 39.7 Å². The van der Waals surface area contributed by atoms with Crippen LogP contribution in [0.25, 0.3) is 10.1 Å². The van der Waals surface area contributed by atoms with Gasteiger partial charge in [0, 0.05) is 34.6 Å². The van der Waals surface area contributed by atoms with Crippen molar-refractivity contribution in [2.24, 2.45) is 5.92 Å². The second kappa shape index (κ2) is 10.5. The molecule has 0 aliphatic carbocycles. The summed E-state index contributed by atoms with van der Waals surface area (Å²) in [5, 5.41) is 1.07. The Hall–Kier alpha value is -3.62. The molecule has 3 aliphatic rings. The standard InChI is InChI=1S/C31H28F2NO4S/c32-24-8-3-6-22(15-24)30(23-7-4-9-25(33)16-23)38-31(36)37-27-19-34(13-11-20(27)12-14-34)18-26(35)29-17-21-5-1-2-10-28(21)39-29/h1-10,15-17,20,27,30H,11-14,18-19H2/q+1/t20?,27-,34?/m0/s1. The molecule has 0 radical (unpaired) electrons. The van der Waals surface area contributed by atoms with Crippen molar-refractivity contribution in [3.63, 3.8) is 0 Å². The predicted octanol–water partition coefficient (Wildman–Crippen LogP) is 6.91. The van der Waals surface area contributed by atoms with Crippen LogP contribution in [0.5, 0.6) is 0 Å². The number of carbonyl (C=O) groups is 2. The Labute approximate surface area is 229 Å². The summed E-state index contributed by atoms with van der Waals surface area (Å²) in [5.74, 6) is -0.676. The maximum atomic E-state index is 14.0. The van der Waals surface area contributed by atoms with Crippen LogP contribution in [0.2, 0.25) is 0 Å². The largest absolute Gasteiger partial charge is 0.509 e. The monoisotopic (exact) mass is 548 g/mol. The number of halogens is 2. The Balaban J connectivity index is 1.16. The van der Waals surface area contributed by atoms with E-state index in [4.69, 9.17) is 9.47 Å². The zero-order valence-electron chi connectivity index (χ0n) is 21.2. The number of fused-ring (bicyclic) bond motifs is 4. The first-order valence-electron chi connectivity index (χ1n) is 13.1. The van der Waals surface area contributed by atoms with E-state index in [1.165, 1.54) is 47.7 Å². The van der Waals surface area contributed by atoms with Gasteiger partial charge in [-0.25, -0.2) is 13.6 Å². The summed E-state index contributed by atoms with van der Waals surface area (Å²) in [6.45, 7) is 2.64. The SMILES string of the molecule is O=C(OC(c1cccc(F)c1)c1cccc(F)c1)O[C@H]1C[N+]2(CC(=O)c3cc4ccccc4s3)CCC1CC2. The zero-order chi connectivity index (χ0) is 27.0. The first-order chi connectivity index (χ1) is 18.9. The fourth-order valence-electron chi connectivity index (χ4n) is 5.99.